The lowest BCUT2D eigenvalue weighted by atomic mass is 10.3. The molecule has 1 amide bonds. The molecule has 2 aromatic heterocycles. The van der Waals surface area contributed by atoms with Gasteiger partial charge in [-0.05, 0) is 26.2 Å². The Balaban J connectivity index is 2.01. The largest absolute Gasteiger partial charge is 0.324 e. The Morgan fingerprint density at radius 2 is 1.96 bits per heavy atom. The predicted molar refractivity (Wildman–Crippen MR) is 101 cm³/mol. The first-order valence-electron chi connectivity index (χ1n) is 7.72. The average molecular weight is 412 g/mol. The number of amides is 1. The molecule has 3 rings (SSSR count). The van der Waals surface area contributed by atoms with Gasteiger partial charge in [0.15, 0.2) is 10.9 Å². The molecule has 0 N–H and O–H groups in total. The Hall–Kier alpha value is -2.50. The minimum absolute atomic E-state index is 0.0174. The summed E-state index contributed by atoms with van der Waals surface area (Å²) in [4.78, 5) is 30.7. The van der Waals surface area contributed by atoms with Crippen LogP contribution in [0.2, 0.25) is 0 Å². The van der Waals surface area contributed by atoms with Crippen LogP contribution in [0, 0.1) is 21.7 Å². The van der Waals surface area contributed by atoms with E-state index in [0.717, 1.165) is 34.8 Å². The van der Waals surface area contributed by atoms with Gasteiger partial charge in [-0.3, -0.25) is 19.8 Å². The number of fused-ring (bicyclic) bond motifs is 1. The second-order valence-electron chi connectivity index (χ2n) is 5.89. The van der Waals surface area contributed by atoms with Crippen LogP contribution in [-0.4, -0.2) is 47.9 Å². The number of nitro groups is 1. The van der Waals surface area contributed by atoms with E-state index in [2.05, 4.69) is 4.98 Å². The van der Waals surface area contributed by atoms with E-state index in [0.29, 0.717) is 6.54 Å². The fraction of sp³-hybridized carbons (Fsp3) is 0.250. The molecule has 0 bridgehead atoms. The molecule has 27 heavy (non-hydrogen) atoms. The van der Waals surface area contributed by atoms with Crippen molar-refractivity contribution in [3.63, 3.8) is 0 Å². The van der Waals surface area contributed by atoms with Gasteiger partial charge in [0.05, 0.1) is 14.5 Å². The molecule has 3 aromatic rings. The molecule has 11 heteroatoms. The van der Waals surface area contributed by atoms with Gasteiger partial charge in [-0.25, -0.2) is 13.8 Å². The predicted octanol–water partition coefficient (Wildman–Crippen LogP) is 3.75. The van der Waals surface area contributed by atoms with E-state index in [1.807, 2.05) is 19.0 Å². The third-order valence-electron chi connectivity index (χ3n) is 3.63. The van der Waals surface area contributed by atoms with Crippen molar-refractivity contribution in [3.05, 3.63) is 50.9 Å². The zero-order valence-corrected chi connectivity index (χ0v) is 15.9. The van der Waals surface area contributed by atoms with Crippen LogP contribution in [-0.2, 0) is 0 Å². The van der Waals surface area contributed by atoms with Crippen molar-refractivity contribution in [2.75, 3.05) is 32.1 Å². The first kappa shape index (κ1) is 19.3. The maximum Gasteiger partial charge on any atom is 0.324 e. The summed E-state index contributed by atoms with van der Waals surface area (Å²) >= 11 is 1.75. The van der Waals surface area contributed by atoms with Crippen molar-refractivity contribution in [1.29, 1.82) is 0 Å². The SMILES string of the molecule is CN(C)CCN(C(=O)c1ccc([N+](=O)[O-])s1)c1nc2c(F)cc(F)cc2s1. The first-order valence-corrected chi connectivity index (χ1v) is 9.36. The van der Waals surface area contributed by atoms with Crippen molar-refractivity contribution in [3.8, 4) is 0 Å². The van der Waals surface area contributed by atoms with Gasteiger partial charge >= 0.3 is 5.00 Å². The molecule has 0 saturated heterocycles. The van der Waals surface area contributed by atoms with Crippen LogP contribution < -0.4 is 4.90 Å². The summed E-state index contributed by atoms with van der Waals surface area (Å²) in [6.45, 7) is 0.730. The molecule has 0 aliphatic rings. The van der Waals surface area contributed by atoms with E-state index >= 15 is 0 Å². The van der Waals surface area contributed by atoms with Crippen molar-refractivity contribution < 1.29 is 18.5 Å². The van der Waals surface area contributed by atoms with Crippen LogP contribution in [0.4, 0.5) is 18.9 Å². The second-order valence-corrected chi connectivity index (χ2v) is 7.96. The van der Waals surface area contributed by atoms with Gasteiger partial charge in [0.1, 0.15) is 11.3 Å². The molecule has 2 heterocycles. The lowest BCUT2D eigenvalue weighted by Crippen LogP contribution is -2.36. The van der Waals surface area contributed by atoms with Gasteiger partial charge in [0, 0.05) is 25.2 Å². The molecule has 0 aliphatic heterocycles. The molecule has 0 radical (unpaired) electrons. The van der Waals surface area contributed by atoms with Gasteiger partial charge in [-0.1, -0.05) is 22.7 Å². The number of hydrogen-bond acceptors (Lipinski definition) is 7. The van der Waals surface area contributed by atoms with Crippen molar-refractivity contribution in [2.45, 2.75) is 0 Å². The maximum atomic E-state index is 14.0. The highest BCUT2D eigenvalue weighted by molar-refractivity contribution is 7.22. The molecular formula is C16H14F2N4O3S2. The summed E-state index contributed by atoms with van der Waals surface area (Å²) in [6.07, 6.45) is 0. The van der Waals surface area contributed by atoms with Gasteiger partial charge in [0.2, 0.25) is 0 Å². The lowest BCUT2D eigenvalue weighted by Gasteiger charge is -2.21. The first-order chi connectivity index (χ1) is 12.8. The summed E-state index contributed by atoms with van der Waals surface area (Å²) < 4.78 is 27.7. The topological polar surface area (TPSA) is 79.6 Å². The van der Waals surface area contributed by atoms with E-state index in [1.54, 1.807) is 0 Å². The van der Waals surface area contributed by atoms with Crippen LogP contribution in [0.1, 0.15) is 9.67 Å². The minimum Gasteiger partial charge on any atom is -0.308 e. The smallest absolute Gasteiger partial charge is 0.308 e. The maximum absolute atomic E-state index is 14.0. The van der Waals surface area contributed by atoms with Crippen LogP contribution in [0.25, 0.3) is 10.2 Å². The van der Waals surface area contributed by atoms with Gasteiger partial charge in [0.25, 0.3) is 5.91 Å². The Morgan fingerprint density at radius 3 is 2.59 bits per heavy atom. The lowest BCUT2D eigenvalue weighted by molar-refractivity contribution is -0.380. The molecule has 1 aromatic carbocycles. The minimum atomic E-state index is -0.806. The van der Waals surface area contributed by atoms with E-state index in [1.165, 1.54) is 17.0 Å². The van der Waals surface area contributed by atoms with Crippen LogP contribution in [0.5, 0.6) is 0 Å². The summed E-state index contributed by atoms with van der Waals surface area (Å²) in [7, 11) is 3.65. The number of likely N-dealkylation sites (N-methyl/N-ethyl adjacent to an activating group) is 1. The molecular weight excluding hydrogens is 398 g/mol. The number of thiophene rings is 1. The number of thiazole rings is 1. The second kappa shape index (κ2) is 7.62. The van der Waals surface area contributed by atoms with Crippen LogP contribution in [0.15, 0.2) is 24.3 Å². The van der Waals surface area contributed by atoms with Crippen LogP contribution >= 0.6 is 22.7 Å². The monoisotopic (exact) mass is 412 g/mol. The standard InChI is InChI=1S/C16H14F2N4O3S2/c1-20(2)5-6-21(15(23)11-3-4-13(26-11)22(24)25)16-19-14-10(18)7-9(17)8-12(14)27-16/h3-4,7-8H,5-6H2,1-2H3. The number of carbonyl (C=O) groups is 1. The highest BCUT2D eigenvalue weighted by Gasteiger charge is 2.25. The number of carbonyl (C=O) groups excluding carboxylic acids is 1. The zero-order chi connectivity index (χ0) is 19.7. The molecule has 0 saturated carbocycles. The van der Waals surface area contributed by atoms with E-state index in [9.17, 15) is 23.7 Å². The number of nitrogens with zero attached hydrogens (tertiary/aromatic N) is 4. The van der Waals surface area contributed by atoms with Crippen molar-refractivity contribution in [1.82, 2.24) is 9.88 Å². The highest BCUT2D eigenvalue weighted by Crippen LogP contribution is 2.33. The van der Waals surface area contributed by atoms with E-state index in [-0.39, 0.29) is 31.8 Å². The van der Waals surface area contributed by atoms with Crippen molar-refractivity contribution >= 4 is 48.9 Å². The molecule has 0 fully saturated rings. The number of halogens is 2. The Bertz CT molecular complexity index is 1020. The Morgan fingerprint density at radius 1 is 1.22 bits per heavy atom. The summed E-state index contributed by atoms with van der Waals surface area (Å²) in [5.74, 6) is -2.01. The quantitative estimate of drug-likeness (QED) is 0.455. The molecule has 142 valence electrons. The average Bonchev–Trinajstić information content (AvgIpc) is 3.21. The molecule has 0 atom stereocenters. The van der Waals surface area contributed by atoms with Gasteiger partial charge in [-0.15, -0.1) is 0 Å². The molecule has 0 spiro atoms. The summed E-state index contributed by atoms with van der Waals surface area (Å²) in [6, 6.07) is 4.53. The third kappa shape index (κ3) is 4.10. The van der Waals surface area contributed by atoms with Crippen molar-refractivity contribution in [2.24, 2.45) is 0 Å². The van der Waals surface area contributed by atoms with Gasteiger partial charge in [-0.2, -0.15) is 0 Å². The van der Waals surface area contributed by atoms with E-state index < -0.39 is 22.5 Å². The Labute approximate surface area is 160 Å². The third-order valence-corrected chi connectivity index (χ3v) is 5.68. The number of rotatable bonds is 6. The molecule has 0 unspecified atom stereocenters. The number of hydrogen-bond donors (Lipinski definition) is 0. The fourth-order valence-corrected chi connectivity index (χ4v) is 4.12. The van der Waals surface area contributed by atoms with E-state index in [4.69, 9.17) is 0 Å². The zero-order valence-electron chi connectivity index (χ0n) is 14.3. The fourth-order valence-electron chi connectivity index (χ4n) is 2.32. The molecule has 0 aliphatic carbocycles. The van der Waals surface area contributed by atoms with Gasteiger partial charge < -0.3 is 4.90 Å². The number of benzene rings is 1. The summed E-state index contributed by atoms with van der Waals surface area (Å²) in [5.41, 5.74) is -0.0174. The summed E-state index contributed by atoms with van der Waals surface area (Å²) in [5, 5.41) is 10.9. The number of aromatic nitrogens is 1. The Kier molecular flexibility index (Phi) is 5.44. The molecule has 7 nitrogen and oxygen atoms in total. The highest BCUT2D eigenvalue weighted by atomic mass is 32.1. The number of anilines is 1. The van der Waals surface area contributed by atoms with Crippen LogP contribution in [0.3, 0.4) is 0 Å². The normalized spacial score (nSPS) is 11.3.